The fraction of sp³-hybridized carbons (Fsp3) is 0. The molecule has 134 valence electrons. The minimum atomic E-state index is -1.00. The van der Waals surface area contributed by atoms with Crippen molar-refractivity contribution < 1.29 is 18.9 Å². The van der Waals surface area contributed by atoms with Crippen LogP contribution in [0.3, 0.4) is 0 Å². The molecule has 0 aromatic heterocycles. The van der Waals surface area contributed by atoms with Gasteiger partial charge in [0, 0.05) is 22.9 Å². The summed E-state index contributed by atoms with van der Waals surface area (Å²) in [6.45, 7) is 0. The number of rotatable bonds is 5. The van der Waals surface area contributed by atoms with E-state index < -0.39 is 22.3 Å². The summed E-state index contributed by atoms with van der Waals surface area (Å²) in [5.41, 5.74) is 0.0304. The Hall–Kier alpha value is -3.87. The first-order valence-corrected chi connectivity index (χ1v) is 7.91. The van der Waals surface area contributed by atoms with Crippen molar-refractivity contribution in [1.82, 2.24) is 0 Å². The Bertz CT molecular complexity index is 1040. The highest BCUT2D eigenvalue weighted by Gasteiger charge is 2.20. The quantitative estimate of drug-likeness (QED) is 0.417. The fourth-order valence-corrected chi connectivity index (χ4v) is 2.55. The first kappa shape index (κ1) is 17.9. The SMILES string of the molecule is O=C(Nc1ccc(F)c([N+](=O)[O-])c1)c1ccccc1C(=O)c1ccccc1. The van der Waals surface area contributed by atoms with Gasteiger partial charge in [0.15, 0.2) is 5.78 Å². The Morgan fingerprint density at radius 2 is 1.52 bits per heavy atom. The van der Waals surface area contributed by atoms with E-state index in [9.17, 15) is 24.1 Å². The summed E-state index contributed by atoms with van der Waals surface area (Å²) in [5.74, 6) is -1.96. The molecule has 0 aliphatic rings. The van der Waals surface area contributed by atoms with Crippen LogP contribution in [0.15, 0.2) is 72.8 Å². The minimum absolute atomic E-state index is 0.0510. The van der Waals surface area contributed by atoms with E-state index in [2.05, 4.69) is 5.32 Å². The van der Waals surface area contributed by atoms with Gasteiger partial charge in [0.25, 0.3) is 5.91 Å². The van der Waals surface area contributed by atoms with E-state index in [0.29, 0.717) is 5.56 Å². The zero-order valence-corrected chi connectivity index (χ0v) is 13.9. The summed E-state index contributed by atoms with van der Waals surface area (Å²) in [6.07, 6.45) is 0. The van der Waals surface area contributed by atoms with Gasteiger partial charge in [-0.25, -0.2) is 0 Å². The molecule has 0 heterocycles. The summed E-state index contributed by atoms with van der Waals surface area (Å²) in [7, 11) is 0. The number of nitro benzene ring substituents is 1. The highest BCUT2D eigenvalue weighted by molar-refractivity contribution is 6.17. The molecule has 1 amide bonds. The van der Waals surface area contributed by atoms with Gasteiger partial charge in [-0.2, -0.15) is 4.39 Å². The molecule has 27 heavy (non-hydrogen) atoms. The van der Waals surface area contributed by atoms with Crippen LogP contribution in [0.25, 0.3) is 0 Å². The molecular formula is C20H13FN2O4. The number of nitro groups is 1. The Labute approximate surface area is 153 Å². The molecule has 6 nitrogen and oxygen atoms in total. The lowest BCUT2D eigenvalue weighted by Gasteiger charge is -2.10. The molecule has 0 aliphatic heterocycles. The molecule has 3 rings (SSSR count). The van der Waals surface area contributed by atoms with Gasteiger partial charge in [0.05, 0.1) is 10.5 Å². The van der Waals surface area contributed by atoms with Crippen LogP contribution in [0.4, 0.5) is 15.8 Å². The third-order valence-corrected chi connectivity index (χ3v) is 3.85. The number of ketones is 1. The first-order chi connectivity index (χ1) is 13.0. The largest absolute Gasteiger partial charge is 0.322 e. The molecule has 0 bridgehead atoms. The lowest BCUT2D eigenvalue weighted by molar-refractivity contribution is -0.387. The normalized spacial score (nSPS) is 10.3. The maximum atomic E-state index is 13.4. The summed E-state index contributed by atoms with van der Waals surface area (Å²) in [4.78, 5) is 35.3. The molecule has 0 spiro atoms. The standard InChI is InChI=1S/C20H13FN2O4/c21-17-11-10-14(12-18(17)23(26)27)22-20(25)16-9-5-4-8-15(16)19(24)13-6-2-1-3-7-13/h1-12H,(H,22,25). The van der Waals surface area contributed by atoms with Crippen molar-refractivity contribution in [3.05, 3.63) is 105 Å². The first-order valence-electron chi connectivity index (χ1n) is 7.91. The van der Waals surface area contributed by atoms with Crippen LogP contribution in [-0.2, 0) is 0 Å². The van der Waals surface area contributed by atoms with E-state index in [1.165, 1.54) is 18.2 Å². The highest BCUT2D eigenvalue weighted by atomic mass is 19.1. The number of amides is 1. The third-order valence-electron chi connectivity index (χ3n) is 3.85. The van der Waals surface area contributed by atoms with Crippen molar-refractivity contribution in [3.63, 3.8) is 0 Å². The van der Waals surface area contributed by atoms with Crippen LogP contribution in [0, 0.1) is 15.9 Å². The number of anilines is 1. The molecule has 0 radical (unpaired) electrons. The van der Waals surface area contributed by atoms with Crippen LogP contribution in [-0.4, -0.2) is 16.6 Å². The minimum Gasteiger partial charge on any atom is -0.322 e. The third kappa shape index (κ3) is 3.87. The maximum Gasteiger partial charge on any atom is 0.306 e. The predicted molar refractivity (Wildman–Crippen MR) is 97.3 cm³/mol. The number of nitrogens with one attached hydrogen (secondary N) is 1. The van der Waals surface area contributed by atoms with Crippen molar-refractivity contribution >= 4 is 23.1 Å². The lowest BCUT2D eigenvalue weighted by Crippen LogP contribution is -2.17. The van der Waals surface area contributed by atoms with Gasteiger partial charge in [0.1, 0.15) is 0 Å². The van der Waals surface area contributed by atoms with E-state index in [0.717, 1.165) is 12.1 Å². The number of hydrogen-bond acceptors (Lipinski definition) is 4. The van der Waals surface area contributed by atoms with E-state index in [1.54, 1.807) is 42.5 Å². The molecule has 7 heteroatoms. The Morgan fingerprint density at radius 3 is 2.19 bits per heavy atom. The van der Waals surface area contributed by atoms with Crippen molar-refractivity contribution in [3.8, 4) is 0 Å². The lowest BCUT2D eigenvalue weighted by atomic mass is 9.98. The second-order valence-electron chi connectivity index (χ2n) is 5.62. The van der Waals surface area contributed by atoms with Crippen LogP contribution in [0.1, 0.15) is 26.3 Å². The molecule has 0 saturated carbocycles. The van der Waals surface area contributed by atoms with Gasteiger partial charge in [-0.05, 0) is 18.2 Å². The number of carbonyl (C=O) groups is 2. The Morgan fingerprint density at radius 1 is 0.889 bits per heavy atom. The summed E-state index contributed by atoms with van der Waals surface area (Å²) >= 11 is 0. The van der Waals surface area contributed by atoms with Crippen molar-refractivity contribution in [2.45, 2.75) is 0 Å². The zero-order chi connectivity index (χ0) is 19.4. The summed E-state index contributed by atoms with van der Waals surface area (Å²) in [5, 5.41) is 13.3. The maximum absolute atomic E-state index is 13.4. The molecule has 0 atom stereocenters. The van der Waals surface area contributed by atoms with Gasteiger partial charge in [-0.3, -0.25) is 19.7 Å². The van der Waals surface area contributed by atoms with Crippen LogP contribution in [0.5, 0.6) is 0 Å². The number of hydrogen-bond donors (Lipinski definition) is 1. The summed E-state index contributed by atoms with van der Waals surface area (Å²) < 4.78 is 13.4. The highest BCUT2D eigenvalue weighted by Crippen LogP contribution is 2.23. The van der Waals surface area contributed by atoms with Gasteiger partial charge in [-0.1, -0.05) is 48.5 Å². The fourth-order valence-electron chi connectivity index (χ4n) is 2.55. The molecular weight excluding hydrogens is 351 g/mol. The second-order valence-corrected chi connectivity index (χ2v) is 5.62. The number of carbonyl (C=O) groups excluding carboxylic acids is 2. The van der Waals surface area contributed by atoms with Crippen LogP contribution < -0.4 is 5.32 Å². The molecule has 0 aliphatic carbocycles. The number of halogens is 1. The van der Waals surface area contributed by atoms with Gasteiger partial charge < -0.3 is 5.32 Å². The topological polar surface area (TPSA) is 89.3 Å². The van der Waals surface area contributed by atoms with E-state index in [4.69, 9.17) is 0 Å². The molecule has 0 saturated heterocycles. The Kier molecular flexibility index (Phi) is 5.03. The monoisotopic (exact) mass is 364 g/mol. The van der Waals surface area contributed by atoms with E-state index in [1.807, 2.05) is 0 Å². The van der Waals surface area contributed by atoms with Gasteiger partial charge in [0.2, 0.25) is 5.82 Å². The van der Waals surface area contributed by atoms with Gasteiger partial charge in [-0.15, -0.1) is 0 Å². The molecule has 0 unspecified atom stereocenters. The molecule has 0 fully saturated rings. The Balaban J connectivity index is 1.92. The van der Waals surface area contributed by atoms with E-state index in [-0.39, 0.29) is 22.6 Å². The number of benzene rings is 3. The van der Waals surface area contributed by atoms with Crippen molar-refractivity contribution in [1.29, 1.82) is 0 Å². The van der Waals surface area contributed by atoms with Crippen LogP contribution in [0.2, 0.25) is 0 Å². The van der Waals surface area contributed by atoms with Gasteiger partial charge >= 0.3 is 5.69 Å². The average Bonchev–Trinajstić information content (AvgIpc) is 2.69. The summed E-state index contributed by atoms with van der Waals surface area (Å²) in [6, 6.07) is 17.8. The molecule has 1 N–H and O–H groups in total. The van der Waals surface area contributed by atoms with Crippen molar-refractivity contribution in [2.24, 2.45) is 0 Å². The predicted octanol–water partition coefficient (Wildman–Crippen LogP) is 4.22. The number of nitrogens with zero attached hydrogens (tertiary/aromatic N) is 1. The molecule has 3 aromatic carbocycles. The van der Waals surface area contributed by atoms with E-state index >= 15 is 0 Å². The average molecular weight is 364 g/mol. The van der Waals surface area contributed by atoms with Crippen LogP contribution >= 0.6 is 0 Å². The molecule has 3 aromatic rings. The zero-order valence-electron chi connectivity index (χ0n) is 13.9. The second kappa shape index (κ2) is 7.57. The van der Waals surface area contributed by atoms with Crippen molar-refractivity contribution in [2.75, 3.05) is 5.32 Å². The smallest absolute Gasteiger partial charge is 0.306 e.